The minimum absolute atomic E-state index is 0.134. The number of carbonyl (C=O) groups is 1. The summed E-state index contributed by atoms with van der Waals surface area (Å²) in [6.45, 7) is 6.81. The van der Waals surface area contributed by atoms with Gasteiger partial charge < -0.3 is 14.2 Å². The van der Waals surface area contributed by atoms with Crippen molar-refractivity contribution in [3.8, 4) is 0 Å². The van der Waals surface area contributed by atoms with Crippen molar-refractivity contribution in [2.24, 2.45) is 0 Å². The van der Waals surface area contributed by atoms with Gasteiger partial charge in [0.2, 0.25) is 0 Å². The van der Waals surface area contributed by atoms with Gasteiger partial charge in [0.25, 0.3) is 0 Å². The van der Waals surface area contributed by atoms with Crippen LogP contribution in [0.2, 0.25) is 0 Å². The predicted molar refractivity (Wildman–Crippen MR) is 114 cm³/mol. The monoisotopic (exact) mass is 402 g/mol. The van der Waals surface area contributed by atoms with E-state index in [4.69, 9.17) is 14.2 Å². The Kier molecular flexibility index (Phi) is 14.4. The second-order valence-corrected chi connectivity index (χ2v) is 9.18. The van der Waals surface area contributed by atoms with Gasteiger partial charge in [-0.2, -0.15) is 11.8 Å². The third kappa shape index (κ3) is 14.4. The highest BCUT2D eigenvalue weighted by Crippen LogP contribution is 2.22. The Morgan fingerprint density at radius 1 is 0.963 bits per heavy atom. The van der Waals surface area contributed by atoms with Crippen molar-refractivity contribution in [2.75, 3.05) is 24.7 Å². The Hall–Kier alpha value is -0.260. The van der Waals surface area contributed by atoms with E-state index in [0.29, 0.717) is 19.0 Å². The lowest BCUT2D eigenvalue weighted by Gasteiger charge is -2.16. The molecule has 0 aromatic heterocycles. The number of carbonyl (C=O) groups excluding carboxylic acids is 1. The molecule has 0 aromatic rings. The maximum Gasteiger partial charge on any atom is 0.315 e. The third-order valence-electron chi connectivity index (χ3n) is 4.86. The van der Waals surface area contributed by atoms with Crippen LogP contribution in [0.15, 0.2) is 0 Å². The Labute approximate surface area is 171 Å². The summed E-state index contributed by atoms with van der Waals surface area (Å²) in [6, 6.07) is 0. The van der Waals surface area contributed by atoms with Crippen molar-refractivity contribution in [2.45, 2.75) is 110 Å². The molecule has 0 aliphatic carbocycles. The molecule has 1 aliphatic rings. The Balaban J connectivity index is 1.78. The van der Waals surface area contributed by atoms with E-state index < -0.39 is 5.79 Å². The van der Waals surface area contributed by atoms with Crippen LogP contribution in [0.25, 0.3) is 0 Å². The van der Waals surface area contributed by atoms with Crippen LogP contribution in [-0.2, 0) is 19.0 Å². The third-order valence-corrected chi connectivity index (χ3v) is 5.88. The zero-order valence-corrected chi connectivity index (χ0v) is 18.7. The molecule has 4 nitrogen and oxygen atoms in total. The molecular weight excluding hydrogens is 360 g/mol. The van der Waals surface area contributed by atoms with Crippen LogP contribution in [-0.4, -0.2) is 42.6 Å². The van der Waals surface area contributed by atoms with Crippen LogP contribution >= 0.6 is 11.8 Å². The maximum absolute atomic E-state index is 11.7. The van der Waals surface area contributed by atoms with Crippen molar-refractivity contribution < 1.29 is 19.0 Å². The lowest BCUT2D eigenvalue weighted by Crippen LogP contribution is -2.25. The van der Waals surface area contributed by atoms with Gasteiger partial charge in [0.15, 0.2) is 5.79 Å². The number of rotatable bonds is 17. The maximum atomic E-state index is 11.7. The van der Waals surface area contributed by atoms with E-state index >= 15 is 0 Å². The summed E-state index contributed by atoms with van der Waals surface area (Å²) in [5, 5.41) is 0. The van der Waals surface area contributed by atoms with Gasteiger partial charge in [0, 0.05) is 0 Å². The van der Waals surface area contributed by atoms with E-state index in [-0.39, 0.29) is 12.1 Å². The molecule has 0 N–H and O–H groups in total. The van der Waals surface area contributed by atoms with Gasteiger partial charge >= 0.3 is 5.97 Å². The fourth-order valence-electron chi connectivity index (χ4n) is 3.27. The second-order valence-electron chi connectivity index (χ2n) is 8.08. The van der Waals surface area contributed by atoms with Gasteiger partial charge in [-0.25, -0.2) is 0 Å². The number of ether oxygens (including phenoxy) is 3. The van der Waals surface area contributed by atoms with Crippen molar-refractivity contribution in [1.29, 1.82) is 0 Å². The summed E-state index contributed by atoms with van der Waals surface area (Å²) >= 11 is 1.68. The van der Waals surface area contributed by atoms with Crippen molar-refractivity contribution in [1.82, 2.24) is 0 Å². The lowest BCUT2D eigenvalue weighted by atomic mass is 10.1. The standard InChI is InChI=1S/C22H42O4S/c1-4-5-6-7-8-9-10-11-12-13-14-15-16-27-19-21(23)24-17-20-18-25-22(2,3)26-20/h20H,4-19H2,1-3H3. The van der Waals surface area contributed by atoms with E-state index in [1.807, 2.05) is 13.8 Å². The molecule has 160 valence electrons. The van der Waals surface area contributed by atoms with Crippen LogP contribution in [0.3, 0.4) is 0 Å². The van der Waals surface area contributed by atoms with E-state index in [2.05, 4.69) is 6.92 Å². The summed E-state index contributed by atoms with van der Waals surface area (Å²) < 4.78 is 16.3. The molecule has 1 fully saturated rings. The average molecular weight is 403 g/mol. The van der Waals surface area contributed by atoms with Crippen LogP contribution in [0.5, 0.6) is 0 Å². The zero-order valence-electron chi connectivity index (χ0n) is 17.9. The van der Waals surface area contributed by atoms with Gasteiger partial charge in [-0.1, -0.05) is 77.6 Å². The molecule has 1 aliphatic heterocycles. The molecule has 1 saturated heterocycles. The quantitative estimate of drug-likeness (QED) is 0.217. The number of hydrogen-bond donors (Lipinski definition) is 0. The summed E-state index contributed by atoms with van der Waals surface area (Å²) in [4.78, 5) is 11.7. The molecule has 1 heterocycles. The highest BCUT2D eigenvalue weighted by Gasteiger charge is 2.33. The largest absolute Gasteiger partial charge is 0.462 e. The Bertz CT molecular complexity index is 373. The first-order valence-corrected chi connectivity index (χ1v) is 12.2. The first-order valence-electron chi connectivity index (χ1n) is 11.1. The number of esters is 1. The molecule has 1 unspecified atom stereocenters. The van der Waals surface area contributed by atoms with Crippen LogP contribution in [0.4, 0.5) is 0 Å². The summed E-state index contributed by atoms with van der Waals surface area (Å²) in [7, 11) is 0. The fraction of sp³-hybridized carbons (Fsp3) is 0.955. The first kappa shape index (κ1) is 24.8. The van der Waals surface area contributed by atoms with Crippen LogP contribution in [0.1, 0.15) is 97.8 Å². The molecular formula is C22H42O4S. The van der Waals surface area contributed by atoms with Crippen LogP contribution < -0.4 is 0 Å². The minimum Gasteiger partial charge on any atom is -0.462 e. The minimum atomic E-state index is -0.555. The van der Waals surface area contributed by atoms with Gasteiger partial charge in [0.05, 0.1) is 12.4 Å². The number of thioether (sulfide) groups is 1. The fourth-order valence-corrected chi connectivity index (χ4v) is 4.08. The summed E-state index contributed by atoms with van der Waals surface area (Å²) in [5.41, 5.74) is 0. The summed E-state index contributed by atoms with van der Waals surface area (Å²) in [6.07, 6.45) is 16.2. The highest BCUT2D eigenvalue weighted by atomic mass is 32.2. The van der Waals surface area contributed by atoms with Crippen molar-refractivity contribution in [3.05, 3.63) is 0 Å². The second kappa shape index (κ2) is 15.6. The molecule has 0 bridgehead atoms. The molecule has 0 aromatic carbocycles. The Morgan fingerprint density at radius 3 is 2.04 bits per heavy atom. The normalized spacial score (nSPS) is 18.7. The van der Waals surface area contributed by atoms with Gasteiger partial charge in [0.1, 0.15) is 12.7 Å². The molecule has 1 atom stereocenters. The SMILES string of the molecule is CCCCCCCCCCCCCCSCC(=O)OCC1COC(C)(C)O1. The number of hydrogen-bond acceptors (Lipinski definition) is 5. The summed E-state index contributed by atoms with van der Waals surface area (Å²) in [5.74, 6) is 0.783. The average Bonchev–Trinajstić information content (AvgIpc) is 2.99. The molecule has 0 spiro atoms. The highest BCUT2D eigenvalue weighted by molar-refractivity contribution is 7.99. The van der Waals surface area contributed by atoms with Gasteiger partial charge in [-0.05, 0) is 26.0 Å². The molecule has 0 saturated carbocycles. The number of unbranched alkanes of at least 4 members (excludes halogenated alkanes) is 11. The van der Waals surface area contributed by atoms with E-state index in [1.165, 1.54) is 77.0 Å². The zero-order chi connectivity index (χ0) is 19.8. The first-order chi connectivity index (χ1) is 13.0. The molecule has 27 heavy (non-hydrogen) atoms. The van der Waals surface area contributed by atoms with Crippen molar-refractivity contribution in [3.63, 3.8) is 0 Å². The molecule has 0 radical (unpaired) electrons. The topological polar surface area (TPSA) is 44.8 Å². The molecule has 1 rings (SSSR count). The lowest BCUT2D eigenvalue weighted by molar-refractivity contribution is -0.156. The van der Waals surface area contributed by atoms with Crippen LogP contribution in [0, 0.1) is 0 Å². The van der Waals surface area contributed by atoms with Gasteiger partial charge in [-0.15, -0.1) is 0 Å². The van der Waals surface area contributed by atoms with E-state index in [0.717, 1.165) is 5.75 Å². The van der Waals surface area contributed by atoms with Crippen molar-refractivity contribution >= 4 is 17.7 Å². The Morgan fingerprint density at radius 2 is 1.52 bits per heavy atom. The van der Waals surface area contributed by atoms with Gasteiger partial charge in [-0.3, -0.25) is 4.79 Å². The smallest absolute Gasteiger partial charge is 0.315 e. The molecule has 5 heteroatoms. The van der Waals surface area contributed by atoms with E-state index in [1.54, 1.807) is 11.8 Å². The van der Waals surface area contributed by atoms with E-state index in [9.17, 15) is 4.79 Å². The molecule has 0 amide bonds. The predicted octanol–water partition coefficient (Wildman–Crippen LogP) is 6.12.